The van der Waals surface area contributed by atoms with E-state index in [-0.39, 0.29) is 0 Å². The zero-order valence-electron chi connectivity index (χ0n) is 10.0. The Morgan fingerprint density at radius 3 is 3.00 bits per heavy atom. The van der Waals surface area contributed by atoms with Gasteiger partial charge in [0.25, 0.3) is 0 Å². The molecule has 3 aromatic rings. The van der Waals surface area contributed by atoms with Crippen LogP contribution in [0.15, 0.2) is 24.7 Å². The van der Waals surface area contributed by atoms with E-state index in [1.165, 1.54) is 0 Å². The molecule has 0 spiro atoms. The van der Waals surface area contributed by atoms with Crippen LogP contribution < -0.4 is 10.1 Å². The Morgan fingerprint density at radius 2 is 2.28 bits per heavy atom. The zero-order chi connectivity index (χ0) is 12.5. The number of rotatable bonds is 3. The summed E-state index contributed by atoms with van der Waals surface area (Å²) in [7, 11) is 3.43. The van der Waals surface area contributed by atoms with Gasteiger partial charge in [-0.1, -0.05) is 0 Å². The van der Waals surface area contributed by atoms with Gasteiger partial charge < -0.3 is 15.0 Å². The lowest BCUT2D eigenvalue weighted by Crippen LogP contribution is -1.99. The molecule has 0 saturated heterocycles. The number of hydrogen-bond donors (Lipinski definition) is 2. The summed E-state index contributed by atoms with van der Waals surface area (Å²) in [4.78, 5) is 11.7. The number of aromatic amines is 1. The molecule has 0 aliphatic heterocycles. The van der Waals surface area contributed by atoms with Crippen molar-refractivity contribution in [3.63, 3.8) is 0 Å². The average Bonchev–Trinajstić information content (AvgIpc) is 2.97. The quantitative estimate of drug-likeness (QED) is 0.728. The second-order valence-electron chi connectivity index (χ2n) is 3.82. The van der Waals surface area contributed by atoms with Crippen molar-refractivity contribution in [3.8, 4) is 5.88 Å². The van der Waals surface area contributed by atoms with Crippen molar-refractivity contribution < 1.29 is 4.74 Å². The maximum Gasteiger partial charge on any atom is 0.232 e. The minimum absolute atomic E-state index is 0.467. The average molecular weight is 244 g/mol. The fourth-order valence-corrected chi connectivity index (χ4v) is 1.74. The molecule has 92 valence electrons. The second-order valence-corrected chi connectivity index (χ2v) is 3.82. The van der Waals surface area contributed by atoms with Crippen molar-refractivity contribution in [2.75, 3.05) is 12.4 Å². The van der Waals surface area contributed by atoms with Crippen molar-refractivity contribution in [1.29, 1.82) is 0 Å². The summed E-state index contributed by atoms with van der Waals surface area (Å²) < 4.78 is 6.94. The first-order valence-corrected chi connectivity index (χ1v) is 5.41. The molecule has 0 aliphatic rings. The van der Waals surface area contributed by atoms with Crippen LogP contribution in [0.4, 0.5) is 11.6 Å². The van der Waals surface area contributed by atoms with E-state index in [4.69, 9.17) is 4.74 Å². The number of methoxy groups -OCH3 is 1. The first kappa shape index (κ1) is 10.6. The lowest BCUT2D eigenvalue weighted by molar-refractivity contribution is 0.403. The van der Waals surface area contributed by atoms with Crippen LogP contribution in [0.25, 0.3) is 11.0 Å². The van der Waals surface area contributed by atoms with Crippen LogP contribution >= 0.6 is 0 Å². The standard InChI is InChI=1S/C11H12N6O/c1-17-6-7(5-13-17)14-11-15-9-8(3-4-12-9)10(16-11)18-2/h3-6H,1-2H3,(H2,12,14,15,16). The SMILES string of the molecule is COc1nc(Nc2cnn(C)c2)nc2[nH]ccc12. The van der Waals surface area contributed by atoms with E-state index in [0.717, 1.165) is 16.7 Å². The Morgan fingerprint density at radius 1 is 1.39 bits per heavy atom. The summed E-state index contributed by atoms with van der Waals surface area (Å²) in [6.07, 6.45) is 5.35. The van der Waals surface area contributed by atoms with Crippen molar-refractivity contribution in [3.05, 3.63) is 24.7 Å². The number of nitrogens with zero attached hydrogens (tertiary/aromatic N) is 4. The van der Waals surface area contributed by atoms with Gasteiger partial charge in [0.15, 0.2) is 0 Å². The molecule has 3 aromatic heterocycles. The molecule has 7 nitrogen and oxygen atoms in total. The van der Waals surface area contributed by atoms with Crippen LogP contribution in [-0.4, -0.2) is 31.8 Å². The lowest BCUT2D eigenvalue weighted by Gasteiger charge is -2.05. The van der Waals surface area contributed by atoms with Crippen LogP contribution in [0.5, 0.6) is 5.88 Å². The predicted octanol–water partition coefficient (Wildman–Crippen LogP) is 1.44. The number of nitrogens with one attached hydrogen (secondary N) is 2. The van der Waals surface area contributed by atoms with Gasteiger partial charge in [0, 0.05) is 19.4 Å². The maximum atomic E-state index is 5.24. The number of ether oxygens (including phenoxy) is 1. The third kappa shape index (κ3) is 1.75. The molecule has 0 aromatic carbocycles. The predicted molar refractivity (Wildman–Crippen MR) is 66.9 cm³/mol. The smallest absolute Gasteiger partial charge is 0.232 e. The molecule has 0 unspecified atom stereocenters. The molecule has 0 aliphatic carbocycles. The summed E-state index contributed by atoms with van der Waals surface area (Å²) in [5.74, 6) is 1.00. The van der Waals surface area contributed by atoms with Gasteiger partial charge in [-0.05, 0) is 6.07 Å². The van der Waals surface area contributed by atoms with Crippen molar-refractivity contribution in [1.82, 2.24) is 24.7 Å². The Bertz CT molecular complexity index is 686. The number of aromatic nitrogens is 5. The summed E-state index contributed by atoms with van der Waals surface area (Å²) in [6.45, 7) is 0. The van der Waals surface area contributed by atoms with E-state index in [1.807, 2.05) is 19.3 Å². The Balaban J connectivity index is 2.01. The van der Waals surface area contributed by atoms with E-state index in [1.54, 1.807) is 24.2 Å². The first-order valence-electron chi connectivity index (χ1n) is 5.41. The molecule has 18 heavy (non-hydrogen) atoms. The normalized spacial score (nSPS) is 10.8. The first-order chi connectivity index (χ1) is 8.76. The number of hydrogen-bond acceptors (Lipinski definition) is 5. The Kier molecular flexibility index (Phi) is 2.36. The highest BCUT2D eigenvalue weighted by molar-refractivity contribution is 5.82. The molecular weight excluding hydrogens is 232 g/mol. The molecule has 3 heterocycles. The zero-order valence-corrected chi connectivity index (χ0v) is 10.0. The number of H-pyrrole nitrogens is 1. The van der Waals surface area contributed by atoms with Gasteiger partial charge in [0.1, 0.15) is 5.65 Å². The molecule has 0 radical (unpaired) electrons. The molecule has 2 N–H and O–H groups in total. The number of fused-ring (bicyclic) bond motifs is 1. The molecule has 3 rings (SSSR count). The van der Waals surface area contributed by atoms with E-state index in [9.17, 15) is 0 Å². The lowest BCUT2D eigenvalue weighted by atomic mass is 10.4. The Hall–Kier alpha value is -2.57. The fourth-order valence-electron chi connectivity index (χ4n) is 1.74. The third-order valence-corrected chi connectivity index (χ3v) is 2.54. The van der Waals surface area contributed by atoms with Gasteiger partial charge in [-0.25, -0.2) is 0 Å². The minimum atomic E-state index is 0.467. The van der Waals surface area contributed by atoms with Crippen LogP contribution in [-0.2, 0) is 7.05 Å². The summed E-state index contributed by atoms with van der Waals surface area (Å²) >= 11 is 0. The fraction of sp³-hybridized carbons (Fsp3) is 0.182. The summed E-state index contributed by atoms with van der Waals surface area (Å²) in [5.41, 5.74) is 1.55. The van der Waals surface area contributed by atoms with Gasteiger partial charge in [-0.15, -0.1) is 0 Å². The van der Waals surface area contributed by atoms with Gasteiger partial charge in [0.2, 0.25) is 11.8 Å². The number of aryl methyl sites for hydroxylation is 1. The van der Waals surface area contributed by atoms with Gasteiger partial charge in [-0.2, -0.15) is 15.1 Å². The third-order valence-electron chi connectivity index (χ3n) is 2.54. The van der Waals surface area contributed by atoms with Crippen LogP contribution in [0.3, 0.4) is 0 Å². The maximum absolute atomic E-state index is 5.24. The van der Waals surface area contributed by atoms with Crippen LogP contribution in [0.2, 0.25) is 0 Å². The molecule has 0 saturated carbocycles. The summed E-state index contributed by atoms with van der Waals surface area (Å²) in [5, 5.41) is 8.00. The summed E-state index contributed by atoms with van der Waals surface area (Å²) in [6, 6.07) is 1.88. The Labute approximate surface area is 103 Å². The monoisotopic (exact) mass is 244 g/mol. The highest BCUT2D eigenvalue weighted by Crippen LogP contribution is 2.23. The van der Waals surface area contributed by atoms with Gasteiger partial charge in [0.05, 0.1) is 24.4 Å². The molecule has 0 atom stereocenters. The van der Waals surface area contributed by atoms with Crippen molar-refractivity contribution in [2.45, 2.75) is 0 Å². The molecular formula is C11H12N6O. The van der Waals surface area contributed by atoms with E-state index in [0.29, 0.717) is 11.8 Å². The highest BCUT2D eigenvalue weighted by atomic mass is 16.5. The van der Waals surface area contributed by atoms with Gasteiger partial charge >= 0.3 is 0 Å². The van der Waals surface area contributed by atoms with Crippen LogP contribution in [0, 0.1) is 0 Å². The molecule has 0 fully saturated rings. The highest BCUT2D eigenvalue weighted by Gasteiger charge is 2.09. The van der Waals surface area contributed by atoms with E-state index in [2.05, 4.69) is 25.4 Å². The largest absolute Gasteiger partial charge is 0.480 e. The minimum Gasteiger partial charge on any atom is -0.480 e. The molecule has 0 bridgehead atoms. The molecule has 7 heteroatoms. The topological polar surface area (TPSA) is 80.7 Å². The van der Waals surface area contributed by atoms with Crippen molar-refractivity contribution in [2.24, 2.45) is 7.05 Å². The molecule has 0 amide bonds. The second kappa shape index (κ2) is 4.02. The van der Waals surface area contributed by atoms with E-state index < -0.39 is 0 Å². The van der Waals surface area contributed by atoms with Gasteiger partial charge in [-0.3, -0.25) is 4.68 Å². The van der Waals surface area contributed by atoms with E-state index >= 15 is 0 Å². The number of anilines is 2. The van der Waals surface area contributed by atoms with Crippen molar-refractivity contribution >= 4 is 22.7 Å². The van der Waals surface area contributed by atoms with Crippen LogP contribution in [0.1, 0.15) is 0 Å².